The van der Waals surface area contributed by atoms with Gasteiger partial charge in [0.15, 0.2) is 0 Å². The molecule has 0 spiro atoms. The van der Waals surface area contributed by atoms with Crippen LogP contribution < -0.4 is 10.0 Å². The maximum atomic E-state index is 13.0. The third-order valence-corrected chi connectivity index (χ3v) is 7.85. The van der Waals surface area contributed by atoms with Crippen molar-refractivity contribution in [2.24, 2.45) is 5.92 Å². The summed E-state index contributed by atoms with van der Waals surface area (Å²) in [5, 5.41) is 3.01. The molecule has 31 heavy (non-hydrogen) atoms. The summed E-state index contributed by atoms with van der Waals surface area (Å²) in [6, 6.07) is 10.0. The number of nitrogens with one attached hydrogen (secondary N) is 2. The Labute approximate surface area is 190 Å². The highest BCUT2D eigenvalue weighted by Gasteiger charge is 2.27. The number of aryl methyl sites for hydroxylation is 2. The lowest BCUT2D eigenvalue weighted by Crippen LogP contribution is -2.43. The van der Waals surface area contributed by atoms with Crippen LogP contribution in [-0.2, 0) is 10.0 Å². The first kappa shape index (κ1) is 23.7. The van der Waals surface area contributed by atoms with Gasteiger partial charge in [0, 0.05) is 11.6 Å². The fourth-order valence-electron chi connectivity index (χ4n) is 3.97. The molecule has 8 heteroatoms. The van der Waals surface area contributed by atoms with Crippen molar-refractivity contribution in [2.45, 2.75) is 44.6 Å². The third-order valence-electron chi connectivity index (χ3n) is 6.01. The van der Waals surface area contributed by atoms with Gasteiger partial charge in [0.2, 0.25) is 10.0 Å². The molecule has 0 saturated carbocycles. The van der Waals surface area contributed by atoms with Gasteiger partial charge in [-0.05, 0) is 89.0 Å². The maximum Gasteiger partial charge on any atom is 0.255 e. The zero-order valence-corrected chi connectivity index (χ0v) is 20.0. The van der Waals surface area contributed by atoms with Crippen LogP contribution in [0.15, 0.2) is 41.3 Å². The molecule has 1 aliphatic heterocycles. The summed E-state index contributed by atoms with van der Waals surface area (Å²) in [5.74, 6) is 0.0166. The normalized spacial score (nSPS) is 16.8. The molecule has 3 rings (SSSR count). The molecule has 0 aliphatic carbocycles. The van der Waals surface area contributed by atoms with Gasteiger partial charge in [-0.2, -0.15) is 0 Å². The van der Waals surface area contributed by atoms with Gasteiger partial charge in [-0.15, -0.1) is 0 Å². The van der Waals surface area contributed by atoms with Crippen LogP contribution in [0.3, 0.4) is 0 Å². The quantitative estimate of drug-likeness (QED) is 0.672. The zero-order valence-electron chi connectivity index (χ0n) is 18.4. The van der Waals surface area contributed by atoms with E-state index in [1.54, 1.807) is 25.1 Å². The Kier molecular flexibility index (Phi) is 7.42. The number of carbonyl (C=O) groups excluding carboxylic acids is 1. The number of halogens is 1. The van der Waals surface area contributed by atoms with Crippen LogP contribution in [0.2, 0.25) is 5.02 Å². The van der Waals surface area contributed by atoms with E-state index in [-0.39, 0.29) is 21.9 Å². The van der Waals surface area contributed by atoms with Crippen LogP contribution >= 0.6 is 11.6 Å². The van der Waals surface area contributed by atoms with Gasteiger partial charge in [0.05, 0.1) is 15.6 Å². The number of nitrogens with zero attached hydrogens (tertiary/aromatic N) is 1. The number of hydrogen-bond acceptors (Lipinski definition) is 4. The summed E-state index contributed by atoms with van der Waals surface area (Å²) >= 11 is 6.40. The minimum Gasteiger partial charge on any atom is -0.320 e. The molecule has 1 aliphatic rings. The Balaban J connectivity index is 1.77. The molecule has 1 amide bonds. The molecule has 2 aromatic carbocycles. The van der Waals surface area contributed by atoms with E-state index in [1.807, 2.05) is 26.0 Å². The molecule has 1 saturated heterocycles. The molecular weight excluding hydrogens is 434 g/mol. The lowest BCUT2D eigenvalue weighted by atomic mass is 9.91. The Bertz CT molecular complexity index is 1040. The number of rotatable bonds is 6. The first-order valence-corrected chi connectivity index (χ1v) is 12.3. The molecule has 1 heterocycles. The number of benzene rings is 2. The smallest absolute Gasteiger partial charge is 0.255 e. The van der Waals surface area contributed by atoms with E-state index >= 15 is 0 Å². The first-order valence-electron chi connectivity index (χ1n) is 10.5. The summed E-state index contributed by atoms with van der Waals surface area (Å²) in [5.41, 5.74) is 2.39. The predicted octanol–water partition coefficient (Wildman–Crippen LogP) is 4.22. The van der Waals surface area contributed by atoms with E-state index in [9.17, 15) is 13.2 Å². The molecule has 0 unspecified atom stereocenters. The fraction of sp³-hybridized carbons (Fsp3) is 0.435. The number of amides is 1. The standard InChI is InChI=1S/C23H30ClN3O3S/c1-15-7-5-6-8-20(15)23(28)25-22-16(2)13-19(14-21(22)24)31(29,30)26-17(3)18-9-11-27(4)12-10-18/h5-8,13-14,17-18,26H,9-12H2,1-4H3,(H,25,28)/t17-/m1/s1. The summed E-state index contributed by atoms with van der Waals surface area (Å²) in [4.78, 5) is 15.0. The predicted molar refractivity (Wildman–Crippen MR) is 125 cm³/mol. The lowest BCUT2D eigenvalue weighted by molar-refractivity contribution is 0.102. The summed E-state index contributed by atoms with van der Waals surface area (Å²) in [6.45, 7) is 7.45. The third kappa shape index (κ3) is 5.66. The van der Waals surface area contributed by atoms with Crippen LogP contribution in [0.5, 0.6) is 0 Å². The minimum atomic E-state index is -3.73. The molecule has 168 valence electrons. The number of anilines is 1. The van der Waals surface area contributed by atoms with E-state index < -0.39 is 10.0 Å². The Hall–Kier alpha value is -1.93. The van der Waals surface area contributed by atoms with Gasteiger partial charge in [0.1, 0.15) is 0 Å². The number of sulfonamides is 1. The number of likely N-dealkylation sites (tertiary alicyclic amines) is 1. The highest BCUT2D eigenvalue weighted by atomic mass is 35.5. The highest BCUT2D eigenvalue weighted by molar-refractivity contribution is 7.89. The van der Waals surface area contributed by atoms with Gasteiger partial charge in [-0.3, -0.25) is 4.79 Å². The number of piperidine rings is 1. The van der Waals surface area contributed by atoms with Crippen LogP contribution in [0.1, 0.15) is 41.3 Å². The average molecular weight is 464 g/mol. The Morgan fingerprint density at radius 2 is 1.77 bits per heavy atom. The maximum absolute atomic E-state index is 13.0. The lowest BCUT2D eigenvalue weighted by Gasteiger charge is -2.32. The van der Waals surface area contributed by atoms with Gasteiger partial charge >= 0.3 is 0 Å². The Morgan fingerprint density at radius 1 is 1.13 bits per heavy atom. The van der Waals surface area contributed by atoms with Crippen molar-refractivity contribution >= 4 is 33.2 Å². The molecule has 0 aromatic heterocycles. The second-order valence-corrected chi connectivity index (χ2v) is 10.5. The SMILES string of the molecule is Cc1ccccc1C(=O)Nc1c(C)cc(S(=O)(=O)N[C@H](C)C2CCN(C)CC2)cc1Cl. The molecule has 0 radical (unpaired) electrons. The van der Waals surface area contributed by atoms with Crippen molar-refractivity contribution in [3.05, 3.63) is 58.1 Å². The van der Waals surface area contributed by atoms with Crippen LogP contribution in [-0.4, -0.2) is 45.4 Å². The van der Waals surface area contributed by atoms with Gasteiger partial charge in [0.25, 0.3) is 5.91 Å². The van der Waals surface area contributed by atoms with Crippen molar-refractivity contribution < 1.29 is 13.2 Å². The summed E-state index contributed by atoms with van der Waals surface area (Å²) in [6.07, 6.45) is 1.92. The molecule has 1 fully saturated rings. The first-order chi connectivity index (χ1) is 14.6. The minimum absolute atomic E-state index is 0.101. The monoisotopic (exact) mass is 463 g/mol. The topological polar surface area (TPSA) is 78.5 Å². The van der Waals surface area contributed by atoms with Crippen LogP contribution in [0, 0.1) is 19.8 Å². The molecule has 2 aromatic rings. The van der Waals surface area contributed by atoms with Gasteiger partial charge in [-0.1, -0.05) is 29.8 Å². The highest BCUT2D eigenvalue weighted by Crippen LogP contribution is 2.31. The van der Waals surface area contributed by atoms with E-state index in [0.29, 0.717) is 22.7 Å². The largest absolute Gasteiger partial charge is 0.320 e. The van der Waals surface area contributed by atoms with Crippen molar-refractivity contribution in [3.8, 4) is 0 Å². The fourth-order valence-corrected chi connectivity index (χ4v) is 5.77. The van der Waals surface area contributed by atoms with Gasteiger partial charge < -0.3 is 10.2 Å². The van der Waals surface area contributed by atoms with E-state index in [0.717, 1.165) is 31.5 Å². The summed E-state index contributed by atoms with van der Waals surface area (Å²) < 4.78 is 28.8. The van der Waals surface area contributed by atoms with Crippen molar-refractivity contribution in [1.29, 1.82) is 0 Å². The molecule has 1 atom stereocenters. The molecule has 6 nitrogen and oxygen atoms in total. The second kappa shape index (κ2) is 9.69. The number of carbonyl (C=O) groups is 1. The van der Waals surface area contributed by atoms with Crippen molar-refractivity contribution in [2.75, 3.05) is 25.5 Å². The Morgan fingerprint density at radius 3 is 2.39 bits per heavy atom. The average Bonchev–Trinajstić information content (AvgIpc) is 2.70. The van der Waals surface area contributed by atoms with E-state index in [2.05, 4.69) is 22.0 Å². The van der Waals surface area contributed by atoms with E-state index in [1.165, 1.54) is 6.07 Å². The molecule has 2 N–H and O–H groups in total. The van der Waals surface area contributed by atoms with Crippen molar-refractivity contribution in [1.82, 2.24) is 9.62 Å². The van der Waals surface area contributed by atoms with E-state index in [4.69, 9.17) is 11.6 Å². The van der Waals surface area contributed by atoms with Crippen molar-refractivity contribution in [3.63, 3.8) is 0 Å². The second-order valence-electron chi connectivity index (χ2n) is 8.42. The van der Waals surface area contributed by atoms with Gasteiger partial charge in [-0.25, -0.2) is 13.1 Å². The molecule has 0 bridgehead atoms. The number of hydrogen-bond donors (Lipinski definition) is 2. The van der Waals surface area contributed by atoms with Crippen LogP contribution in [0.25, 0.3) is 0 Å². The molecular formula is C23H30ClN3O3S. The zero-order chi connectivity index (χ0) is 22.8. The summed E-state index contributed by atoms with van der Waals surface area (Å²) in [7, 11) is -1.65. The van der Waals surface area contributed by atoms with Crippen LogP contribution in [0.4, 0.5) is 5.69 Å².